The van der Waals surface area contributed by atoms with Gasteiger partial charge in [-0.15, -0.1) is 0 Å². The summed E-state index contributed by atoms with van der Waals surface area (Å²) in [7, 11) is 0. The molecule has 0 aromatic heterocycles. The van der Waals surface area contributed by atoms with Crippen molar-refractivity contribution in [1.29, 1.82) is 0 Å². The number of nitrogens with zero attached hydrogens (tertiary/aromatic N) is 1. The maximum Gasteiger partial charge on any atom is 0.308 e. The minimum atomic E-state index is -0.356. The van der Waals surface area contributed by atoms with Gasteiger partial charge in [-0.1, -0.05) is 41.5 Å². The van der Waals surface area contributed by atoms with E-state index in [1.54, 1.807) is 0 Å². The summed E-state index contributed by atoms with van der Waals surface area (Å²) in [6.07, 6.45) is 2.40. The summed E-state index contributed by atoms with van der Waals surface area (Å²) in [5.74, 6) is -0.224. The van der Waals surface area contributed by atoms with Crippen LogP contribution < -0.4 is 4.74 Å². The average Bonchev–Trinajstić information content (AvgIpc) is 2.87. The second-order valence-electron chi connectivity index (χ2n) is 9.43. The van der Waals surface area contributed by atoms with Crippen molar-refractivity contribution in [3.63, 3.8) is 0 Å². The number of carbonyl (C=O) groups is 3. The summed E-state index contributed by atoms with van der Waals surface area (Å²) in [5.41, 5.74) is 2.80. The predicted octanol–water partition coefficient (Wildman–Crippen LogP) is 4.37. The molecular formula is C23H31NO4. The normalized spacial score (nSPS) is 16.6. The maximum atomic E-state index is 12.5. The van der Waals surface area contributed by atoms with Gasteiger partial charge in [-0.2, -0.15) is 0 Å². The van der Waals surface area contributed by atoms with Crippen LogP contribution in [0.3, 0.4) is 0 Å². The number of rotatable bonds is 2. The highest BCUT2D eigenvalue weighted by atomic mass is 16.5. The Kier molecular flexibility index (Phi) is 5.88. The summed E-state index contributed by atoms with van der Waals surface area (Å²) >= 11 is 0. The van der Waals surface area contributed by atoms with Crippen LogP contribution >= 0.6 is 0 Å². The van der Waals surface area contributed by atoms with E-state index in [-0.39, 0.29) is 28.6 Å². The number of likely N-dealkylation sites (tertiary alicyclic amines) is 1. The van der Waals surface area contributed by atoms with Gasteiger partial charge in [-0.25, -0.2) is 0 Å². The molecule has 0 radical (unpaired) electrons. The monoisotopic (exact) mass is 385 g/mol. The molecule has 0 N–H and O–H groups in total. The van der Waals surface area contributed by atoms with Crippen LogP contribution in [-0.2, 0) is 25.2 Å². The summed E-state index contributed by atoms with van der Waals surface area (Å²) in [5, 5.41) is 0. The number of benzene rings is 1. The second-order valence-corrected chi connectivity index (χ2v) is 9.43. The molecule has 1 aromatic carbocycles. The number of imide groups is 1. The molecule has 152 valence electrons. The van der Waals surface area contributed by atoms with Crippen molar-refractivity contribution < 1.29 is 19.1 Å². The number of esters is 1. The van der Waals surface area contributed by atoms with Gasteiger partial charge in [0, 0.05) is 37.1 Å². The molecule has 0 bridgehead atoms. The highest BCUT2D eigenvalue weighted by Gasteiger charge is 2.31. The number of hydrogen-bond acceptors (Lipinski definition) is 4. The van der Waals surface area contributed by atoms with Gasteiger partial charge in [0.25, 0.3) is 5.91 Å². The van der Waals surface area contributed by atoms with Crippen molar-refractivity contribution in [2.45, 2.75) is 72.6 Å². The fourth-order valence-corrected chi connectivity index (χ4v) is 3.35. The van der Waals surface area contributed by atoms with Crippen LogP contribution in [0.1, 0.15) is 78.5 Å². The van der Waals surface area contributed by atoms with E-state index in [2.05, 4.69) is 41.5 Å². The number of ether oxygens (including phenoxy) is 1. The molecule has 1 heterocycles. The fourth-order valence-electron chi connectivity index (χ4n) is 3.35. The van der Waals surface area contributed by atoms with Crippen LogP contribution in [0.5, 0.6) is 5.75 Å². The van der Waals surface area contributed by atoms with Crippen molar-refractivity contribution in [2.24, 2.45) is 0 Å². The summed E-state index contributed by atoms with van der Waals surface area (Å²) in [6.45, 7) is 15.6. The van der Waals surface area contributed by atoms with Crippen LogP contribution in [-0.4, -0.2) is 29.2 Å². The fraction of sp³-hybridized carbons (Fsp3) is 0.522. The lowest BCUT2D eigenvalue weighted by Crippen LogP contribution is -2.29. The van der Waals surface area contributed by atoms with Crippen molar-refractivity contribution in [3.05, 3.63) is 34.4 Å². The second kappa shape index (κ2) is 7.53. The van der Waals surface area contributed by atoms with Crippen LogP contribution in [0.15, 0.2) is 17.7 Å². The van der Waals surface area contributed by atoms with Crippen molar-refractivity contribution in [2.75, 3.05) is 6.54 Å². The minimum Gasteiger partial charge on any atom is -0.426 e. The van der Waals surface area contributed by atoms with E-state index in [1.165, 1.54) is 18.7 Å². The molecule has 0 saturated carbocycles. The van der Waals surface area contributed by atoms with E-state index < -0.39 is 0 Å². The van der Waals surface area contributed by atoms with E-state index in [9.17, 15) is 14.4 Å². The lowest BCUT2D eigenvalue weighted by molar-refractivity contribution is -0.139. The zero-order chi connectivity index (χ0) is 21.4. The summed E-state index contributed by atoms with van der Waals surface area (Å²) < 4.78 is 5.64. The third-order valence-electron chi connectivity index (χ3n) is 4.82. The molecule has 5 heteroatoms. The van der Waals surface area contributed by atoms with E-state index in [0.717, 1.165) is 16.7 Å². The Morgan fingerprint density at radius 3 is 1.86 bits per heavy atom. The van der Waals surface area contributed by atoms with Gasteiger partial charge in [0.05, 0.1) is 0 Å². The molecule has 0 unspecified atom stereocenters. The first-order valence-electron chi connectivity index (χ1n) is 9.62. The molecule has 1 saturated heterocycles. The molecule has 0 spiro atoms. The van der Waals surface area contributed by atoms with Crippen molar-refractivity contribution in [3.8, 4) is 5.75 Å². The quantitative estimate of drug-likeness (QED) is 0.431. The van der Waals surface area contributed by atoms with Gasteiger partial charge in [-0.3, -0.25) is 19.3 Å². The van der Waals surface area contributed by atoms with Gasteiger partial charge >= 0.3 is 5.97 Å². The third-order valence-corrected chi connectivity index (χ3v) is 4.82. The van der Waals surface area contributed by atoms with Crippen LogP contribution in [0, 0.1) is 0 Å². The molecule has 0 atom stereocenters. The number of amides is 2. The van der Waals surface area contributed by atoms with E-state index in [0.29, 0.717) is 24.3 Å². The maximum absolute atomic E-state index is 12.5. The SMILES string of the molecule is CC(=O)Oc1c(C(C)(C)C)cc(/C=C2/CCN(C(C)=O)C2=O)cc1C(C)(C)C. The Morgan fingerprint density at radius 1 is 1.00 bits per heavy atom. The lowest BCUT2D eigenvalue weighted by Gasteiger charge is -2.29. The third kappa shape index (κ3) is 4.70. The Morgan fingerprint density at radius 2 is 1.50 bits per heavy atom. The summed E-state index contributed by atoms with van der Waals surface area (Å²) in [6, 6.07) is 3.95. The number of carbonyl (C=O) groups excluding carboxylic acids is 3. The molecule has 5 nitrogen and oxygen atoms in total. The first-order valence-corrected chi connectivity index (χ1v) is 9.62. The first-order chi connectivity index (χ1) is 12.7. The summed E-state index contributed by atoms with van der Waals surface area (Å²) in [4.78, 5) is 37.1. The molecular weight excluding hydrogens is 354 g/mol. The topological polar surface area (TPSA) is 63.7 Å². The molecule has 1 fully saturated rings. The van der Waals surface area contributed by atoms with Gasteiger partial charge in [0.15, 0.2) is 0 Å². The van der Waals surface area contributed by atoms with Crippen LogP contribution in [0.4, 0.5) is 0 Å². The molecule has 28 heavy (non-hydrogen) atoms. The smallest absolute Gasteiger partial charge is 0.308 e. The number of hydrogen-bond donors (Lipinski definition) is 0. The standard InChI is InChI=1S/C23H31NO4/c1-14(25)24-10-9-17(21(24)27)11-16-12-18(22(3,4)5)20(28-15(2)26)19(13-16)23(6,7)8/h11-13H,9-10H2,1-8H3/b17-11-. The van der Waals surface area contributed by atoms with Crippen molar-refractivity contribution in [1.82, 2.24) is 4.90 Å². The van der Waals surface area contributed by atoms with Gasteiger partial charge in [0.2, 0.25) is 5.91 Å². The molecule has 0 aliphatic carbocycles. The lowest BCUT2D eigenvalue weighted by atomic mass is 9.78. The molecule has 1 aliphatic heterocycles. The van der Waals surface area contributed by atoms with Gasteiger partial charge in [-0.05, 0) is 41.0 Å². The predicted molar refractivity (Wildman–Crippen MR) is 110 cm³/mol. The Hall–Kier alpha value is -2.43. The van der Waals surface area contributed by atoms with Gasteiger partial charge in [0.1, 0.15) is 5.75 Å². The zero-order valence-corrected chi connectivity index (χ0v) is 18.2. The Labute approximate surface area is 167 Å². The van der Waals surface area contributed by atoms with E-state index in [1.807, 2.05) is 18.2 Å². The zero-order valence-electron chi connectivity index (χ0n) is 18.2. The van der Waals surface area contributed by atoms with E-state index in [4.69, 9.17) is 4.74 Å². The van der Waals surface area contributed by atoms with Crippen molar-refractivity contribution >= 4 is 23.9 Å². The largest absolute Gasteiger partial charge is 0.426 e. The Bertz CT molecular complexity index is 815. The van der Waals surface area contributed by atoms with Gasteiger partial charge < -0.3 is 4.74 Å². The molecule has 2 rings (SSSR count). The first kappa shape index (κ1) is 21.9. The molecule has 1 aliphatic rings. The van der Waals surface area contributed by atoms with Crippen LogP contribution in [0.25, 0.3) is 6.08 Å². The average molecular weight is 386 g/mol. The molecule has 1 aromatic rings. The molecule has 2 amide bonds. The Balaban J connectivity index is 2.67. The highest BCUT2D eigenvalue weighted by Crippen LogP contribution is 2.41. The van der Waals surface area contributed by atoms with E-state index >= 15 is 0 Å². The minimum absolute atomic E-state index is 0.230. The highest BCUT2D eigenvalue weighted by molar-refractivity contribution is 6.08. The van der Waals surface area contributed by atoms with Crippen LogP contribution in [0.2, 0.25) is 0 Å².